The summed E-state index contributed by atoms with van der Waals surface area (Å²) >= 11 is 1.57. The van der Waals surface area contributed by atoms with Gasteiger partial charge >= 0.3 is 0 Å². The molecule has 2 aromatic heterocycles. The van der Waals surface area contributed by atoms with E-state index >= 15 is 0 Å². The summed E-state index contributed by atoms with van der Waals surface area (Å²) in [6, 6.07) is 7.64. The van der Waals surface area contributed by atoms with Crippen LogP contribution in [0, 0.1) is 0 Å². The number of nitrogens with one attached hydrogen (secondary N) is 1. The first-order chi connectivity index (χ1) is 11.2. The van der Waals surface area contributed by atoms with Gasteiger partial charge in [0.05, 0.1) is 18.3 Å². The number of piperazine rings is 1. The molecule has 0 bridgehead atoms. The number of nitrogens with zero attached hydrogens (tertiary/aromatic N) is 3. The number of carbonyl (C=O) groups excluding carboxylic acids is 2. The van der Waals surface area contributed by atoms with E-state index in [-0.39, 0.29) is 5.91 Å². The zero-order valence-corrected chi connectivity index (χ0v) is 13.5. The van der Waals surface area contributed by atoms with Gasteiger partial charge in [-0.3, -0.25) is 9.59 Å². The van der Waals surface area contributed by atoms with Crippen LogP contribution in [-0.4, -0.2) is 48.4 Å². The molecule has 1 aliphatic rings. The summed E-state index contributed by atoms with van der Waals surface area (Å²) < 4.78 is 0. The normalized spacial score (nSPS) is 14.6. The SMILES string of the molecule is O=CN1CCN(c2ccc(NC(=O)Cc3cccs3)nc2)CC1. The van der Waals surface area contributed by atoms with E-state index in [1.165, 1.54) is 0 Å². The van der Waals surface area contributed by atoms with Gasteiger partial charge in [0, 0.05) is 31.1 Å². The van der Waals surface area contributed by atoms with Crippen molar-refractivity contribution in [3.05, 3.63) is 40.7 Å². The molecule has 1 N–H and O–H groups in total. The van der Waals surface area contributed by atoms with Crippen molar-refractivity contribution in [2.75, 3.05) is 36.4 Å². The first kappa shape index (κ1) is 15.5. The summed E-state index contributed by atoms with van der Waals surface area (Å²) in [5, 5.41) is 4.77. The van der Waals surface area contributed by atoms with E-state index in [0.717, 1.165) is 43.2 Å². The molecule has 3 rings (SSSR count). The van der Waals surface area contributed by atoms with Crippen LogP contribution in [0.1, 0.15) is 4.88 Å². The fourth-order valence-corrected chi connectivity index (χ4v) is 3.19. The summed E-state index contributed by atoms with van der Waals surface area (Å²) in [5.41, 5.74) is 1.01. The molecule has 1 aliphatic heterocycles. The van der Waals surface area contributed by atoms with Crippen molar-refractivity contribution in [1.82, 2.24) is 9.88 Å². The van der Waals surface area contributed by atoms with Gasteiger partial charge < -0.3 is 15.1 Å². The molecule has 0 aliphatic carbocycles. The number of rotatable bonds is 5. The minimum absolute atomic E-state index is 0.0627. The highest BCUT2D eigenvalue weighted by Crippen LogP contribution is 2.17. The van der Waals surface area contributed by atoms with Crippen LogP contribution in [0.4, 0.5) is 11.5 Å². The number of anilines is 2. The van der Waals surface area contributed by atoms with Crippen LogP contribution in [0.25, 0.3) is 0 Å². The van der Waals surface area contributed by atoms with Crippen LogP contribution in [0.2, 0.25) is 0 Å². The third-order valence-electron chi connectivity index (χ3n) is 3.76. The van der Waals surface area contributed by atoms with Gasteiger partial charge in [-0.15, -0.1) is 11.3 Å². The van der Waals surface area contributed by atoms with Gasteiger partial charge in [-0.05, 0) is 23.6 Å². The highest BCUT2D eigenvalue weighted by molar-refractivity contribution is 7.10. The Balaban J connectivity index is 1.55. The number of carbonyl (C=O) groups is 2. The second-order valence-electron chi connectivity index (χ2n) is 5.33. The zero-order valence-electron chi connectivity index (χ0n) is 12.6. The molecule has 2 amide bonds. The topological polar surface area (TPSA) is 65.5 Å². The molecule has 1 fully saturated rings. The maximum absolute atomic E-state index is 11.9. The van der Waals surface area contributed by atoms with Crippen LogP contribution in [-0.2, 0) is 16.0 Å². The number of aromatic nitrogens is 1. The highest BCUT2D eigenvalue weighted by atomic mass is 32.1. The Morgan fingerprint density at radius 3 is 2.70 bits per heavy atom. The predicted molar refractivity (Wildman–Crippen MR) is 90.7 cm³/mol. The third kappa shape index (κ3) is 4.07. The summed E-state index contributed by atoms with van der Waals surface area (Å²) in [7, 11) is 0. The molecule has 0 spiro atoms. The number of amides is 2. The summed E-state index contributed by atoms with van der Waals surface area (Å²) in [5.74, 6) is 0.495. The monoisotopic (exact) mass is 330 g/mol. The molecule has 6 nitrogen and oxygen atoms in total. The molecule has 3 heterocycles. The second kappa shape index (κ2) is 7.23. The molecule has 0 radical (unpaired) electrons. The molecule has 0 saturated carbocycles. The molecule has 120 valence electrons. The van der Waals surface area contributed by atoms with E-state index in [0.29, 0.717) is 12.2 Å². The van der Waals surface area contributed by atoms with Crippen LogP contribution in [0.3, 0.4) is 0 Å². The lowest BCUT2D eigenvalue weighted by atomic mass is 10.3. The Hall–Kier alpha value is -2.41. The standard InChI is InChI=1S/C16H18N4O2S/c21-12-19-5-7-20(8-6-19)13-3-4-15(17-11-13)18-16(22)10-14-2-1-9-23-14/h1-4,9,11-12H,5-8,10H2,(H,17,18,22). The van der Waals surface area contributed by atoms with Crippen molar-refractivity contribution < 1.29 is 9.59 Å². The molecule has 0 unspecified atom stereocenters. The maximum Gasteiger partial charge on any atom is 0.230 e. The van der Waals surface area contributed by atoms with Crippen molar-refractivity contribution in [3.8, 4) is 0 Å². The lowest BCUT2D eigenvalue weighted by Gasteiger charge is -2.33. The lowest BCUT2D eigenvalue weighted by molar-refractivity contribution is -0.118. The lowest BCUT2D eigenvalue weighted by Crippen LogP contribution is -2.45. The van der Waals surface area contributed by atoms with E-state index in [2.05, 4.69) is 15.2 Å². The average Bonchev–Trinajstić information content (AvgIpc) is 3.08. The summed E-state index contributed by atoms with van der Waals surface area (Å²) in [4.78, 5) is 32.0. The third-order valence-corrected chi connectivity index (χ3v) is 4.64. The first-order valence-corrected chi connectivity index (χ1v) is 8.35. The molecule has 0 aromatic carbocycles. The van der Waals surface area contributed by atoms with E-state index in [1.807, 2.05) is 29.6 Å². The van der Waals surface area contributed by atoms with Crippen LogP contribution >= 0.6 is 11.3 Å². The molecule has 7 heteroatoms. The molecule has 1 saturated heterocycles. The van der Waals surface area contributed by atoms with Gasteiger partial charge in [-0.2, -0.15) is 0 Å². The van der Waals surface area contributed by atoms with Crippen molar-refractivity contribution >= 4 is 35.2 Å². The Labute approximate surface area is 138 Å². The number of pyridine rings is 1. The van der Waals surface area contributed by atoms with Gasteiger partial charge in [0.1, 0.15) is 5.82 Å². The van der Waals surface area contributed by atoms with E-state index < -0.39 is 0 Å². The van der Waals surface area contributed by atoms with Gasteiger partial charge in [-0.25, -0.2) is 4.98 Å². The van der Waals surface area contributed by atoms with Crippen LogP contribution < -0.4 is 10.2 Å². The Kier molecular flexibility index (Phi) is 4.87. The van der Waals surface area contributed by atoms with Crippen LogP contribution in [0.5, 0.6) is 0 Å². The largest absolute Gasteiger partial charge is 0.367 e. The fourth-order valence-electron chi connectivity index (χ4n) is 2.49. The summed E-state index contributed by atoms with van der Waals surface area (Å²) in [6.07, 6.45) is 3.02. The number of hydrogen-bond donors (Lipinski definition) is 1. The van der Waals surface area contributed by atoms with Crippen molar-refractivity contribution in [2.45, 2.75) is 6.42 Å². The minimum atomic E-state index is -0.0627. The highest BCUT2D eigenvalue weighted by Gasteiger charge is 2.16. The fraction of sp³-hybridized carbons (Fsp3) is 0.312. The van der Waals surface area contributed by atoms with Crippen molar-refractivity contribution in [2.24, 2.45) is 0 Å². The van der Waals surface area contributed by atoms with Gasteiger partial charge in [0.25, 0.3) is 0 Å². The Bertz CT molecular complexity index is 649. The van der Waals surface area contributed by atoms with Crippen molar-refractivity contribution in [1.29, 1.82) is 0 Å². The molecular formula is C16H18N4O2S. The number of hydrogen-bond acceptors (Lipinski definition) is 5. The van der Waals surface area contributed by atoms with E-state index in [1.54, 1.807) is 22.4 Å². The Morgan fingerprint density at radius 2 is 2.09 bits per heavy atom. The predicted octanol–water partition coefficient (Wildman–Crippen LogP) is 1.60. The average molecular weight is 330 g/mol. The summed E-state index contributed by atoms with van der Waals surface area (Å²) in [6.45, 7) is 3.04. The van der Waals surface area contributed by atoms with Crippen LogP contribution in [0.15, 0.2) is 35.8 Å². The second-order valence-corrected chi connectivity index (χ2v) is 6.37. The molecular weight excluding hydrogens is 312 g/mol. The first-order valence-electron chi connectivity index (χ1n) is 7.47. The smallest absolute Gasteiger partial charge is 0.230 e. The van der Waals surface area contributed by atoms with Gasteiger partial charge in [0.15, 0.2) is 0 Å². The molecule has 2 aromatic rings. The van der Waals surface area contributed by atoms with E-state index in [4.69, 9.17) is 0 Å². The Morgan fingerprint density at radius 1 is 1.26 bits per heavy atom. The quantitative estimate of drug-likeness (QED) is 0.846. The zero-order chi connectivity index (χ0) is 16.1. The molecule has 0 atom stereocenters. The molecule has 23 heavy (non-hydrogen) atoms. The maximum atomic E-state index is 11.9. The van der Waals surface area contributed by atoms with Gasteiger partial charge in [0.2, 0.25) is 12.3 Å². The van der Waals surface area contributed by atoms with Crippen molar-refractivity contribution in [3.63, 3.8) is 0 Å². The van der Waals surface area contributed by atoms with E-state index in [9.17, 15) is 9.59 Å². The number of thiophene rings is 1. The minimum Gasteiger partial charge on any atom is -0.367 e. The van der Waals surface area contributed by atoms with Gasteiger partial charge in [-0.1, -0.05) is 6.07 Å².